The second-order valence-corrected chi connectivity index (χ2v) is 7.30. The number of fused-ring (bicyclic) bond motifs is 3. The van der Waals surface area contributed by atoms with Gasteiger partial charge in [-0.05, 0) is 28.6 Å². The first-order valence-corrected chi connectivity index (χ1v) is 9.79. The smallest absolute Gasteiger partial charge is 0.279 e. The van der Waals surface area contributed by atoms with Crippen LogP contribution in [0.2, 0.25) is 0 Å². The third kappa shape index (κ3) is 3.42. The Morgan fingerprint density at radius 1 is 1.25 bits per heavy atom. The van der Waals surface area contributed by atoms with Gasteiger partial charge in [-0.2, -0.15) is 9.61 Å². The van der Waals surface area contributed by atoms with Gasteiger partial charge in [-0.15, -0.1) is 11.3 Å². The summed E-state index contributed by atoms with van der Waals surface area (Å²) < 4.78 is 7.35. The van der Waals surface area contributed by atoms with E-state index in [1.807, 2.05) is 47.8 Å². The number of pyridine rings is 1. The summed E-state index contributed by atoms with van der Waals surface area (Å²) in [6, 6.07) is 13.2. The number of carbonyl (C=O) groups is 1. The molecule has 0 radical (unpaired) electrons. The Balaban J connectivity index is 1.89. The van der Waals surface area contributed by atoms with Crippen molar-refractivity contribution in [2.45, 2.75) is 6.42 Å². The second-order valence-electron chi connectivity index (χ2n) is 6.38. The maximum atomic E-state index is 13.1. The van der Waals surface area contributed by atoms with Crippen LogP contribution in [-0.4, -0.2) is 35.8 Å². The normalized spacial score (nSPS) is 11.2. The minimum absolute atomic E-state index is 0.120. The van der Waals surface area contributed by atoms with Gasteiger partial charge in [0.1, 0.15) is 0 Å². The zero-order valence-corrected chi connectivity index (χ0v) is 16.2. The van der Waals surface area contributed by atoms with Crippen LogP contribution >= 0.6 is 11.3 Å². The summed E-state index contributed by atoms with van der Waals surface area (Å²) in [4.78, 5) is 25.6. The Hall–Kier alpha value is -3.03. The summed E-state index contributed by atoms with van der Waals surface area (Å²) in [6.07, 6.45) is 1.85. The van der Waals surface area contributed by atoms with E-state index in [-0.39, 0.29) is 17.9 Å². The Bertz CT molecular complexity index is 1200. The molecule has 1 amide bonds. The molecule has 0 spiro atoms. The van der Waals surface area contributed by atoms with E-state index in [0.717, 1.165) is 21.2 Å². The van der Waals surface area contributed by atoms with E-state index in [4.69, 9.17) is 4.74 Å². The second kappa shape index (κ2) is 7.92. The Labute approximate surface area is 165 Å². The van der Waals surface area contributed by atoms with Crippen molar-refractivity contribution in [1.29, 1.82) is 0 Å². The monoisotopic (exact) mass is 393 g/mol. The van der Waals surface area contributed by atoms with Crippen LogP contribution in [0.3, 0.4) is 0 Å². The van der Waals surface area contributed by atoms with Crippen LogP contribution in [0.4, 0.5) is 0 Å². The van der Waals surface area contributed by atoms with Gasteiger partial charge in [0.25, 0.3) is 5.56 Å². The van der Waals surface area contributed by atoms with Crippen LogP contribution in [0.25, 0.3) is 26.7 Å². The highest BCUT2D eigenvalue weighted by Crippen LogP contribution is 2.28. The molecule has 4 aromatic rings. The quantitative estimate of drug-likeness (QED) is 0.511. The van der Waals surface area contributed by atoms with Crippen LogP contribution in [0, 0.1) is 0 Å². The minimum Gasteiger partial charge on any atom is -0.383 e. The van der Waals surface area contributed by atoms with E-state index in [1.54, 1.807) is 13.3 Å². The van der Waals surface area contributed by atoms with Gasteiger partial charge in [-0.3, -0.25) is 9.59 Å². The average molecular weight is 393 g/mol. The fourth-order valence-electron chi connectivity index (χ4n) is 3.23. The number of hydrogen-bond donors (Lipinski definition) is 1. The van der Waals surface area contributed by atoms with Gasteiger partial charge in [-0.1, -0.05) is 30.3 Å². The molecule has 0 aliphatic heterocycles. The molecule has 1 N–H and O–H groups in total. The van der Waals surface area contributed by atoms with Crippen molar-refractivity contribution in [1.82, 2.24) is 14.9 Å². The first-order valence-electron chi connectivity index (χ1n) is 8.91. The highest BCUT2D eigenvalue weighted by Gasteiger charge is 2.17. The molecule has 7 heteroatoms. The van der Waals surface area contributed by atoms with Gasteiger partial charge in [0.05, 0.1) is 29.4 Å². The lowest BCUT2D eigenvalue weighted by Gasteiger charge is -2.12. The molecular weight excluding hydrogens is 374 g/mol. The van der Waals surface area contributed by atoms with Crippen molar-refractivity contribution < 1.29 is 9.53 Å². The SMILES string of the molecule is COCCNC(=O)Cc1cc(-c2ccccc2)c(=O)n2ncc3ccsc3c12. The molecule has 0 atom stereocenters. The van der Waals surface area contributed by atoms with E-state index in [0.29, 0.717) is 24.2 Å². The molecule has 1 aromatic carbocycles. The van der Waals surface area contributed by atoms with Crippen LogP contribution in [0.15, 0.2) is 58.8 Å². The van der Waals surface area contributed by atoms with E-state index < -0.39 is 0 Å². The molecule has 142 valence electrons. The van der Waals surface area contributed by atoms with E-state index in [9.17, 15) is 9.59 Å². The molecular formula is C21H19N3O3S. The van der Waals surface area contributed by atoms with Gasteiger partial charge < -0.3 is 10.1 Å². The van der Waals surface area contributed by atoms with Crippen LogP contribution in [0.1, 0.15) is 5.56 Å². The number of methoxy groups -OCH3 is 1. The van der Waals surface area contributed by atoms with Gasteiger partial charge in [-0.25, -0.2) is 0 Å². The Kier molecular flexibility index (Phi) is 5.18. The number of thiophene rings is 1. The number of amides is 1. The topological polar surface area (TPSA) is 72.7 Å². The lowest BCUT2D eigenvalue weighted by molar-refractivity contribution is -0.120. The van der Waals surface area contributed by atoms with Gasteiger partial charge in [0, 0.05) is 24.6 Å². The van der Waals surface area contributed by atoms with Crippen LogP contribution < -0.4 is 10.9 Å². The highest BCUT2D eigenvalue weighted by molar-refractivity contribution is 7.18. The summed E-state index contributed by atoms with van der Waals surface area (Å²) in [5.41, 5.74) is 2.60. The molecule has 0 bridgehead atoms. The molecule has 0 aliphatic carbocycles. The number of hydrogen-bond acceptors (Lipinski definition) is 5. The highest BCUT2D eigenvalue weighted by atomic mass is 32.1. The van der Waals surface area contributed by atoms with Crippen molar-refractivity contribution in [3.8, 4) is 11.1 Å². The first-order chi connectivity index (χ1) is 13.7. The summed E-state index contributed by atoms with van der Waals surface area (Å²) in [6.45, 7) is 0.894. The van der Waals surface area contributed by atoms with Crippen molar-refractivity contribution in [2.75, 3.05) is 20.3 Å². The summed E-state index contributed by atoms with van der Waals surface area (Å²) in [7, 11) is 1.59. The van der Waals surface area contributed by atoms with E-state index in [2.05, 4.69) is 10.4 Å². The molecule has 0 aliphatic rings. The summed E-state index contributed by atoms with van der Waals surface area (Å²) in [5.74, 6) is -0.120. The van der Waals surface area contributed by atoms with E-state index in [1.165, 1.54) is 15.9 Å². The number of benzene rings is 1. The van der Waals surface area contributed by atoms with Crippen molar-refractivity contribution in [3.05, 3.63) is 70.0 Å². The molecule has 0 saturated heterocycles. The summed E-state index contributed by atoms with van der Waals surface area (Å²) in [5, 5.41) is 10.1. The molecule has 28 heavy (non-hydrogen) atoms. The van der Waals surface area contributed by atoms with Crippen LogP contribution in [-0.2, 0) is 16.0 Å². The number of carbonyl (C=O) groups excluding carboxylic acids is 1. The fourth-order valence-corrected chi connectivity index (χ4v) is 4.17. The number of nitrogens with zero attached hydrogens (tertiary/aromatic N) is 2. The van der Waals surface area contributed by atoms with Crippen molar-refractivity contribution in [3.63, 3.8) is 0 Å². The first kappa shape index (κ1) is 18.3. The fraction of sp³-hybridized carbons (Fsp3) is 0.190. The van der Waals surface area contributed by atoms with Gasteiger partial charge in [0.2, 0.25) is 5.91 Å². The van der Waals surface area contributed by atoms with Crippen LogP contribution in [0.5, 0.6) is 0 Å². The predicted octanol–water partition coefficient (Wildman–Crippen LogP) is 2.88. The Morgan fingerprint density at radius 2 is 2.07 bits per heavy atom. The molecule has 0 fully saturated rings. The van der Waals surface area contributed by atoms with Gasteiger partial charge in [0.15, 0.2) is 0 Å². The predicted molar refractivity (Wildman–Crippen MR) is 111 cm³/mol. The molecule has 0 unspecified atom stereocenters. The number of aromatic nitrogens is 2. The lowest BCUT2D eigenvalue weighted by Crippen LogP contribution is -2.29. The third-order valence-electron chi connectivity index (χ3n) is 4.54. The summed E-state index contributed by atoms with van der Waals surface area (Å²) >= 11 is 1.54. The molecule has 3 aromatic heterocycles. The van der Waals surface area contributed by atoms with Crippen molar-refractivity contribution >= 4 is 32.8 Å². The average Bonchev–Trinajstić information content (AvgIpc) is 3.19. The minimum atomic E-state index is -0.194. The zero-order valence-electron chi connectivity index (χ0n) is 15.3. The number of ether oxygens (including phenoxy) is 1. The Morgan fingerprint density at radius 3 is 2.86 bits per heavy atom. The number of nitrogens with one attached hydrogen (secondary N) is 1. The zero-order chi connectivity index (χ0) is 19.5. The number of rotatable bonds is 6. The standard InChI is InChI=1S/C21H19N3O3S/c1-27-9-8-22-18(25)12-16-11-17(14-5-3-2-4-6-14)21(26)24-19(16)20-15(13-23-24)7-10-28-20/h2-7,10-11,13H,8-9,12H2,1H3,(H,22,25). The molecule has 3 heterocycles. The molecule has 6 nitrogen and oxygen atoms in total. The maximum Gasteiger partial charge on any atom is 0.279 e. The van der Waals surface area contributed by atoms with Gasteiger partial charge >= 0.3 is 0 Å². The largest absolute Gasteiger partial charge is 0.383 e. The van der Waals surface area contributed by atoms with Crippen molar-refractivity contribution in [2.24, 2.45) is 0 Å². The maximum absolute atomic E-state index is 13.1. The molecule has 0 saturated carbocycles. The van der Waals surface area contributed by atoms with E-state index >= 15 is 0 Å². The third-order valence-corrected chi connectivity index (χ3v) is 5.48. The lowest BCUT2D eigenvalue weighted by atomic mass is 10.0. The molecule has 4 rings (SSSR count).